The molecule has 0 unspecified atom stereocenters. The Morgan fingerprint density at radius 1 is 1.20 bits per heavy atom. The van der Waals surface area contributed by atoms with Crippen LogP contribution in [0, 0.1) is 0 Å². The first-order chi connectivity index (χ1) is 9.74. The van der Waals surface area contributed by atoms with Gasteiger partial charge in [-0.2, -0.15) is 4.98 Å². The third-order valence-corrected chi connectivity index (χ3v) is 3.51. The predicted octanol–water partition coefficient (Wildman–Crippen LogP) is 2.47. The molecule has 0 amide bonds. The molecule has 1 aromatic heterocycles. The molecule has 0 aliphatic rings. The minimum Gasteiger partial charge on any atom is -0.480 e. The quantitative estimate of drug-likeness (QED) is 0.601. The lowest BCUT2D eigenvalue weighted by molar-refractivity contribution is 0.101. The molecule has 20 heavy (non-hydrogen) atoms. The van der Waals surface area contributed by atoms with Gasteiger partial charge in [-0.15, -0.1) is 11.8 Å². The van der Waals surface area contributed by atoms with E-state index in [0.717, 1.165) is 4.90 Å². The second-order valence-electron chi connectivity index (χ2n) is 3.80. The molecule has 1 aromatic carbocycles. The number of hydrogen-bond donors (Lipinski definition) is 0. The monoisotopic (exact) mass is 290 g/mol. The normalized spacial score (nSPS) is 10.1. The highest BCUT2D eigenvalue weighted by Crippen LogP contribution is 2.22. The number of aromatic nitrogens is 2. The van der Waals surface area contributed by atoms with E-state index in [1.165, 1.54) is 32.2 Å². The van der Waals surface area contributed by atoms with Crippen LogP contribution in [-0.4, -0.2) is 35.7 Å². The van der Waals surface area contributed by atoms with Crippen molar-refractivity contribution in [3.05, 3.63) is 42.2 Å². The molecule has 0 spiro atoms. The van der Waals surface area contributed by atoms with E-state index in [4.69, 9.17) is 9.47 Å². The zero-order valence-corrected chi connectivity index (χ0v) is 12.0. The lowest BCUT2D eigenvalue weighted by Gasteiger charge is -2.07. The number of ether oxygens (including phenoxy) is 2. The summed E-state index contributed by atoms with van der Waals surface area (Å²) in [6.07, 6.45) is 1.41. The largest absolute Gasteiger partial charge is 0.480 e. The van der Waals surface area contributed by atoms with E-state index in [1.54, 1.807) is 0 Å². The molecule has 0 fully saturated rings. The number of thioether (sulfide) groups is 1. The molecule has 2 rings (SSSR count). The van der Waals surface area contributed by atoms with Gasteiger partial charge in [0.15, 0.2) is 11.5 Å². The fourth-order valence-corrected chi connectivity index (χ4v) is 2.31. The summed E-state index contributed by atoms with van der Waals surface area (Å²) in [4.78, 5) is 21.3. The van der Waals surface area contributed by atoms with E-state index in [2.05, 4.69) is 9.97 Å². The van der Waals surface area contributed by atoms with Crippen LogP contribution in [0.2, 0.25) is 0 Å². The summed E-state index contributed by atoms with van der Waals surface area (Å²) in [6, 6.07) is 9.70. The Kier molecular flexibility index (Phi) is 4.95. The maximum absolute atomic E-state index is 12.2. The van der Waals surface area contributed by atoms with Crippen LogP contribution < -0.4 is 9.47 Å². The molecule has 0 saturated heterocycles. The van der Waals surface area contributed by atoms with E-state index in [9.17, 15) is 4.79 Å². The SMILES string of the molecule is COc1cnc(C(=O)CSc2ccccc2)c(OC)n1. The summed E-state index contributed by atoms with van der Waals surface area (Å²) in [5.74, 6) is 0.643. The Morgan fingerprint density at radius 2 is 1.95 bits per heavy atom. The van der Waals surface area contributed by atoms with Gasteiger partial charge in [-0.1, -0.05) is 18.2 Å². The number of methoxy groups -OCH3 is 2. The van der Waals surface area contributed by atoms with Gasteiger partial charge in [0.1, 0.15) is 0 Å². The van der Waals surface area contributed by atoms with Crippen molar-refractivity contribution in [1.82, 2.24) is 9.97 Å². The Bertz CT molecular complexity index is 590. The predicted molar refractivity (Wildman–Crippen MR) is 76.6 cm³/mol. The lowest BCUT2D eigenvalue weighted by atomic mass is 10.3. The fourth-order valence-electron chi connectivity index (χ4n) is 1.52. The molecular formula is C14H14N2O3S. The van der Waals surface area contributed by atoms with Crippen LogP contribution in [0.4, 0.5) is 0 Å². The molecule has 5 nitrogen and oxygen atoms in total. The van der Waals surface area contributed by atoms with Gasteiger partial charge in [0, 0.05) is 4.90 Å². The number of ketones is 1. The third-order valence-electron chi connectivity index (χ3n) is 2.50. The van der Waals surface area contributed by atoms with Gasteiger partial charge in [-0.25, -0.2) is 4.98 Å². The Labute approximate surface area is 121 Å². The Morgan fingerprint density at radius 3 is 2.60 bits per heavy atom. The van der Waals surface area contributed by atoms with Crippen molar-refractivity contribution in [3.8, 4) is 11.8 Å². The van der Waals surface area contributed by atoms with Crippen LogP contribution >= 0.6 is 11.8 Å². The standard InChI is InChI=1S/C14H14N2O3S/c1-18-12-8-15-13(14(16-12)19-2)11(17)9-20-10-6-4-3-5-7-10/h3-8H,9H2,1-2H3. The molecule has 0 aliphatic carbocycles. The van der Waals surface area contributed by atoms with Crippen molar-refractivity contribution in [2.45, 2.75) is 4.90 Å². The van der Waals surface area contributed by atoms with Crippen LogP contribution in [0.15, 0.2) is 41.4 Å². The fraction of sp³-hybridized carbons (Fsp3) is 0.214. The first-order valence-corrected chi connectivity index (χ1v) is 6.89. The number of nitrogens with zero attached hydrogens (tertiary/aromatic N) is 2. The highest BCUT2D eigenvalue weighted by molar-refractivity contribution is 8.00. The zero-order valence-electron chi connectivity index (χ0n) is 11.2. The first kappa shape index (κ1) is 14.3. The van der Waals surface area contributed by atoms with Gasteiger partial charge in [0.2, 0.25) is 11.8 Å². The smallest absolute Gasteiger partial charge is 0.246 e. The van der Waals surface area contributed by atoms with E-state index in [1.807, 2.05) is 30.3 Å². The van der Waals surface area contributed by atoms with Crippen molar-refractivity contribution in [2.75, 3.05) is 20.0 Å². The van der Waals surface area contributed by atoms with Crippen molar-refractivity contribution in [2.24, 2.45) is 0 Å². The van der Waals surface area contributed by atoms with E-state index >= 15 is 0 Å². The average molecular weight is 290 g/mol. The molecule has 0 aliphatic heterocycles. The molecule has 6 heteroatoms. The number of benzene rings is 1. The highest BCUT2D eigenvalue weighted by atomic mass is 32.2. The number of rotatable bonds is 6. The van der Waals surface area contributed by atoms with Crippen molar-refractivity contribution in [1.29, 1.82) is 0 Å². The number of carbonyl (C=O) groups is 1. The number of Topliss-reactive ketones (excluding diaryl/α,β-unsaturated/α-hetero) is 1. The van der Waals surface area contributed by atoms with Gasteiger partial charge in [-0.3, -0.25) is 4.79 Å². The minimum atomic E-state index is -0.133. The van der Waals surface area contributed by atoms with Crippen LogP contribution in [0.1, 0.15) is 10.5 Å². The Hall–Kier alpha value is -2.08. The summed E-state index contributed by atoms with van der Waals surface area (Å²) in [5.41, 5.74) is 0.219. The number of carbonyl (C=O) groups excluding carboxylic acids is 1. The molecule has 104 valence electrons. The van der Waals surface area contributed by atoms with Gasteiger partial charge in [0.25, 0.3) is 0 Å². The van der Waals surface area contributed by atoms with E-state index < -0.39 is 0 Å². The summed E-state index contributed by atoms with van der Waals surface area (Å²) in [7, 11) is 2.93. The maximum atomic E-state index is 12.2. The van der Waals surface area contributed by atoms with Crippen LogP contribution in [0.5, 0.6) is 11.8 Å². The zero-order chi connectivity index (χ0) is 14.4. The van der Waals surface area contributed by atoms with Crippen LogP contribution in [0.25, 0.3) is 0 Å². The van der Waals surface area contributed by atoms with Gasteiger partial charge >= 0.3 is 0 Å². The lowest BCUT2D eigenvalue weighted by Crippen LogP contribution is -2.09. The molecule has 1 heterocycles. The first-order valence-electron chi connectivity index (χ1n) is 5.90. The molecule has 0 saturated carbocycles. The molecule has 2 aromatic rings. The summed E-state index contributed by atoms with van der Waals surface area (Å²) in [6.45, 7) is 0. The molecule has 0 radical (unpaired) electrons. The minimum absolute atomic E-state index is 0.133. The van der Waals surface area contributed by atoms with Gasteiger partial charge in [-0.05, 0) is 12.1 Å². The van der Waals surface area contributed by atoms with Gasteiger partial charge < -0.3 is 9.47 Å². The summed E-state index contributed by atoms with van der Waals surface area (Å²) in [5, 5.41) is 0. The highest BCUT2D eigenvalue weighted by Gasteiger charge is 2.16. The second kappa shape index (κ2) is 6.91. The number of hydrogen-bond acceptors (Lipinski definition) is 6. The second-order valence-corrected chi connectivity index (χ2v) is 4.84. The van der Waals surface area contributed by atoms with Crippen molar-refractivity contribution < 1.29 is 14.3 Å². The van der Waals surface area contributed by atoms with Crippen molar-refractivity contribution >= 4 is 17.5 Å². The molecular weight excluding hydrogens is 276 g/mol. The topological polar surface area (TPSA) is 61.3 Å². The van der Waals surface area contributed by atoms with Crippen molar-refractivity contribution in [3.63, 3.8) is 0 Å². The molecule has 0 atom stereocenters. The van der Waals surface area contributed by atoms with Crippen LogP contribution in [-0.2, 0) is 0 Å². The summed E-state index contributed by atoms with van der Waals surface area (Å²) >= 11 is 1.45. The Balaban J connectivity index is 2.09. The van der Waals surface area contributed by atoms with Crippen LogP contribution in [0.3, 0.4) is 0 Å². The van der Waals surface area contributed by atoms with E-state index in [0.29, 0.717) is 5.88 Å². The van der Waals surface area contributed by atoms with Gasteiger partial charge in [0.05, 0.1) is 26.2 Å². The average Bonchev–Trinajstić information content (AvgIpc) is 2.52. The van der Waals surface area contributed by atoms with E-state index in [-0.39, 0.29) is 23.1 Å². The third kappa shape index (κ3) is 3.48. The maximum Gasteiger partial charge on any atom is 0.246 e. The molecule has 0 bridgehead atoms. The molecule has 0 N–H and O–H groups in total. The summed E-state index contributed by atoms with van der Waals surface area (Å²) < 4.78 is 10.0.